The summed E-state index contributed by atoms with van der Waals surface area (Å²) in [4.78, 5) is 12.8. The zero-order valence-electron chi connectivity index (χ0n) is 10.6. The maximum atomic E-state index is 13.1. The molecule has 0 spiro atoms. The first-order chi connectivity index (χ1) is 9.13. The first-order valence-corrected chi connectivity index (χ1v) is 8.13. The lowest BCUT2D eigenvalue weighted by Crippen LogP contribution is -2.34. The molecule has 5 heteroatoms. The zero-order chi connectivity index (χ0) is 13.8. The maximum Gasteiger partial charge on any atom is 0.261 e. The normalized spacial score (nSPS) is 12.6. The summed E-state index contributed by atoms with van der Waals surface area (Å²) in [5.74, 6) is -0.346. The standard InChI is InChI=1S/C14H15BrFNOS/c1-2-11(5-6-15)17-14(18)13-7-9-3-4-10(16)8-12(9)19-13/h3-4,7-8,11H,2,5-6H2,1H3,(H,17,18). The van der Waals surface area contributed by atoms with Crippen molar-refractivity contribution in [1.82, 2.24) is 5.32 Å². The number of amides is 1. The first kappa shape index (κ1) is 14.5. The second-order valence-electron chi connectivity index (χ2n) is 4.35. The molecule has 0 saturated carbocycles. The van der Waals surface area contributed by atoms with Crippen molar-refractivity contribution in [2.75, 3.05) is 5.33 Å². The van der Waals surface area contributed by atoms with E-state index in [0.717, 1.165) is 28.3 Å². The molecule has 2 nitrogen and oxygen atoms in total. The van der Waals surface area contributed by atoms with E-state index in [4.69, 9.17) is 0 Å². The van der Waals surface area contributed by atoms with Gasteiger partial charge >= 0.3 is 0 Å². The van der Waals surface area contributed by atoms with E-state index < -0.39 is 0 Å². The smallest absolute Gasteiger partial charge is 0.261 e. The number of hydrogen-bond donors (Lipinski definition) is 1. The molecule has 0 aliphatic heterocycles. The Labute approximate surface area is 124 Å². The van der Waals surface area contributed by atoms with Crippen LogP contribution in [-0.2, 0) is 0 Å². The number of halogens is 2. The SMILES string of the molecule is CCC(CCBr)NC(=O)c1cc2ccc(F)cc2s1. The molecule has 1 unspecified atom stereocenters. The maximum absolute atomic E-state index is 13.1. The van der Waals surface area contributed by atoms with Gasteiger partial charge in [0.05, 0.1) is 4.88 Å². The molecule has 2 aromatic rings. The van der Waals surface area contributed by atoms with E-state index in [0.29, 0.717) is 4.88 Å². The molecule has 0 aliphatic carbocycles. The van der Waals surface area contributed by atoms with Crippen LogP contribution in [0.2, 0.25) is 0 Å². The molecule has 102 valence electrons. The fourth-order valence-corrected chi connectivity index (χ4v) is 3.43. The molecule has 1 N–H and O–H groups in total. The van der Waals surface area contributed by atoms with Crippen LogP contribution in [0, 0.1) is 5.82 Å². The van der Waals surface area contributed by atoms with Crippen LogP contribution >= 0.6 is 27.3 Å². The summed E-state index contributed by atoms with van der Waals surface area (Å²) < 4.78 is 13.9. The van der Waals surface area contributed by atoms with E-state index >= 15 is 0 Å². The highest BCUT2D eigenvalue weighted by Gasteiger charge is 2.14. The van der Waals surface area contributed by atoms with Crippen molar-refractivity contribution >= 4 is 43.3 Å². The molecule has 1 aromatic heterocycles. The van der Waals surface area contributed by atoms with E-state index in [1.807, 2.05) is 13.0 Å². The van der Waals surface area contributed by atoms with Crippen LogP contribution in [0.15, 0.2) is 24.3 Å². The van der Waals surface area contributed by atoms with Crippen molar-refractivity contribution in [2.24, 2.45) is 0 Å². The summed E-state index contributed by atoms with van der Waals surface area (Å²) in [6.07, 6.45) is 1.80. The summed E-state index contributed by atoms with van der Waals surface area (Å²) in [5, 5.41) is 4.78. The fourth-order valence-electron chi connectivity index (χ4n) is 1.88. The minimum Gasteiger partial charge on any atom is -0.349 e. The number of fused-ring (bicyclic) bond motifs is 1. The third-order valence-corrected chi connectivity index (χ3v) is 4.55. The number of carbonyl (C=O) groups excluding carboxylic acids is 1. The number of carbonyl (C=O) groups is 1. The molecular weight excluding hydrogens is 329 g/mol. The first-order valence-electron chi connectivity index (χ1n) is 6.20. The van der Waals surface area contributed by atoms with Gasteiger partial charge in [-0.2, -0.15) is 0 Å². The molecule has 0 bridgehead atoms. The monoisotopic (exact) mass is 343 g/mol. The number of rotatable bonds is 5. The number of benzene rings is 1. The highest BCUT2D eigenvalue weighted by atomic mass is 79.9. The van der Waals surface area contributed by atoms with Crippen molar-refractivity contribution in [3.8, 4) is 0 Å². The Morgan fingerprint density at radius 2 is 2.26 bits per heavy atom. The van der Waals surface area contributed by atoms with Crippen molar-refractivity contribution < 1.29 is 9.18 Å². The average Bonchev–Trinajstić information content (AvgIpc) is 2.81. The topological polar surface area (TPSA) is 29.1 Å². The molecule has 2 rings (SSSR count). The van der Waals surface area contributed by atoms with Gasteiger partial charge in [-0.25, -0.2) is 4.39 Å². The van der Waals surface area contributed by atoms with Crippen LogP contribution in [0.25, 0.3) is 10.1 Å². The fraction of sp³-hybridized carbons (Fsp3) is 0.357. The number of thiophene rings is 1. The minimum absolute atomic E-state index is 0.0746. The molecule has 0 saturated heterocycles. The summed E-state index contributed by atoms with van der Waals surface area (Å²) >= 11 is 4.71. The Morgan fingerprint density at radius 1 is 1.47 bits per heavy atom. The quantitative estimate of drug-likeness (QED) is 0.804. The Balaban J connectivity index is 2.17. The molecule has 0 fully saturated rings. The van der Waals surface area contributed by atoms with Gasteiger partial charge in [0.1, 0.15) is 5.82 Å². The lowest BCUT2D eigenvalue weighted by molar-refractivity contribution is 0.0939. The van der Waals surface area contributed by atoms with Crippen LogP contribution in [0.1, 0.15) is 29.4 Å². The van der Waals surface area contributed by atoms with Crippen molar-refractivity contribution in [2.45, 2.75) is 25.8 Å². The highest BCUT2D eigenvalue weighted by Crippen LogP contribution is 2.26. The van der Waals surface area contributed by atoms with E-state index in [1.54, 1.807) is 6.07 Å². The Morgan fingerprint density at radius 3 is 2.95 bits per heavy atom. The van der Waals surface area contributed by atoms with Gasteiger partial charge in [-0.05, 0) is 36.4 Å². The van der Waals surface area contributed by atoms with Gasteiger partial charge in [0.15, 0.2) is 0 Å². The molecule has 0 aliphatic rings. The third-order valence-electron chi connectivity index (χ3n) is 2.99. The molecular formula is C14H15BrFNOS. The number of alkyl halides is 1. The number of hydrogen-bond acceptors (Lipinski definition) is 2. The summed E-state index contributed by atoms with van der Waals surface area (Å²) in [6, 6.07) is 6.57. The summed E-state index contributed by atoms with van der Waals surface area (Å²) in [5.41, 5.74) is 0. The molecule has 19 heavy (non-hydrogen) atoms. The second-order valence-corrected chi connectivity index (χ2v) is 6.23. The van der Waals surface area contributed by atoms with Gasteiger partial charge in [-0.3, -0.25) is 4.79 Å². The van der Waals surface area contributed by atoms with Crippen molar-refractivity contribution in [1.29, 1.82) is 0 Å². The van der Waals surface area contributed by atoms with E-state index in [2.05, 4.69) is 21.2 Å². The van der Waals surface area contributed by atoms with Crippen LogP contribution in [-0.4, -0.2) is 17.3 Å². The predicted octanol–water partition coefficient (Wildman–Crippen LogP) is 4.33. The van der Waals surface area contributed by atoms with Crippen LogP contribution in [0.3, 0.4) is 0 Å². The lowest BCUT2D eigenvalue weighted by atomic mass is 10.1. The average molecular weight is 344 g/mol. The number of nitrogens with one attached hydrogen (secondary N) is 1. The lowest BCUT2D eigenvalue weighted by Gasteiger charge is -2.14. The van der Waals surface area contributed by atoms with Crippen molar-refractivity contribution in [3.63, 3.8) is 0 Å². The summed E-state index contributed by atoms with van der Waals surface area (Å²) in [6.45, 7) is 2.05. The Bertz CT molecular complexity index is 584. The predicted molar refractivity (Wildman–Crippen MR) is 81.7 cm³/mol. The summed E-state index contributed by atoms with van der Waals surface area (Å²) in [7, 11) is 0. The molecule has 1 amide bonds. The Kier molecular flexibility index (Phi) is 4.93. The molecule has 1 aromatic carbocycles. The van der Waals surface area contributed by atoms with Gasteiger partial charge in [0.25, 0.3) is 5.91 Å². The van der Waals surface area contributed by atoms with Crippen LogP contribution in [0.4, 0.5) is 4.39 Å². The highest BCUT2D eigenvalue weighted by molar-refractivity contribution is 9.09. The molecule has 0 radical (unpaired) electrons. The van der Waals surface area contributed by atoms with Gasteiger partial charge < -0.3 is 5.32 Å². The molecule has 1 heterocycles. The van der Waals surface area contributed by atoms with E-state index in [1.165, 1.54) is 23.5 Å². The second kappa shape index (κ2) is 6.48. The van der Waals surface area contributed by atoms with Crippen LogP contribution < -0.4 is 5.32 Å². The van der Waals surface area contributed by atoms with Gasteiger partial charge in [0.2, 0.25) is 0 Å². The van der Waals surface area contributed by atoms with Crippen molar-refractivity contribution in [3.05, 3.63) is 35.0 Å². The molecule has 1 atom stereocenters. The zero-order valence-corrected chi connectivity index (χ0v) is 13.0. The largest absolute Gasteiger partial charge is 0.349 e. The third kappa shape index (κ3) is 3.54. The van der Waals surface area contributed by atoms with Gasteiger partial charge in [0, 0.05) is 16.1 Å². The van der Waals surface area contributed by atoms with E-state index in [9.17, 15) is 9.18 Å². The van der Waals surface area contributed by atoms with Gasteiger partial charge in [-0.15, -0.1) is 11.3 Å². The van der Waals surface area contributed by atoms with Gasteiger partial charge in [-0.1, -0.05) is 28.9 Å². The minimum atomic E-state index is -0.271. The van der Waals surface area contributed by atoms with Crippen LogP contribution in [0.5, 0.6) is 0 Å². The van der Waals surface area contributed by atoms with E-state index in [-0.39, 0.29) is 17.8 Å². The Hall–Kier alpha value is -0.940.